The highest BCUT2D eigenvalue weighted by molar-refractivity contribution is 6.05. The molecule has 33 heavy (non-hydrogen) atoms. The highest BCUT2D eigenvalue weighted by atomic mass is 16.5. The Morgan fingerprint density at radius 2 is 1.67 bits per heavy atom. The fourth-order valence-electron chi connectivity index (χ4n) is 3.80. The third-order valence-electron chi connectivity index (χ3n) is 5.50. The standard InChI is InChI=1S/C27H21N3O3/c1-32-22-14-13-21(25(16-22)33-2)17-28-27-29-23-9-5-6-10-24(23)30(27)26(31)20-12-11-18-7-3-4-8-19(18)15-20/h3-17H,1-2H3/b28-17+. The topological polar surface area (TPSA) is 65.7 Å². The fourth-order valence-corrected chi connectivity index (χ4v) is 3.80. The molecule has 0 N–H and O–H groups in total. The number of imidazole rings is 1. The molecule has 0 amide bonds. The number of nitrogens with zero attached hydrogens (tertiary/aromatic N) is 3. The van der Waals surface area contributed by atoms with Crippen molar-refractivity contribution < 1.29 is 14.3 Å². The summed E-state index contributed by atoms with van der Waals surface area (Å²) in [6.07, 6.45) is 1.64. The molecule has 0 saturated carbocycles. The number of ether oxygens (including phenoxy) is 2. The Morgan fingerprint density at radius 1 is 0.879 bits per heavy atom. The maximum Gasteiger partial charge on any atom is 0.265 e. The summed E-state index contributed by atoms with van der Waals surface area (Å²) in [6, 6.07) is 26.6. The molecule has 0 aliphatic heterocycles. The minimum absolute atomic E-state index is 0.191. The maximum atomic E-state index is 13.6. The summed E-state index contributed by atoms with van der Waals surface area (Å²) in [5.41, 5.74) is 2.70. The zero-order valence-corrected chi connectivity index (χ0v) is 18.2. The van der Waals surface area contributed by atoms with Crippen LogP contribution in [0, 0.1) is 0 Å². The molecule has 0 fully saturated rings. The highest BCUT2D eigenvalue weighted by Gasteiger charge is 2.18. The van der Waals surface area contributed by atoms with Crippen LogP contribution in [-0.4, -0.2) is 35.9 Å². The largest absolute Gasteiger partial charge is 0.497 e. The molecule has 0 bridgehead atoms. The second-order valence-corrected chi connectivity index (χ2v) is 7.47. The van der Waals surface area contributed by atoms with E-state index < -0.39 is 0 Å². The number of aliphatic imine (C=N–C) groups is 1. The quantitative estimate of drug-likeness (QED) is 0.335. The van der Waals surface area contributed by atoms with E-state index in [0.29, 0.717) is 34.0 Å². The molecule has 6 heteroatoms. The normalized spacial score (nSPS) is 11.3. The van der Waals surface area contributed by atoms with Crippen molar-refractivity contribution in [2.75, 3.05) is 14.2 Å². The van der Waals surface area contributed by atoms with Crippen molar-refractivity contribution in [3.63, 3.8) is 0 Å². The molecule has 162 valence electrons. The van der Waals surface area contributed by atoms with Gasteiger partial charge in [-0.3, -0.25) is 4.79 Å². The van der Waals surface area contributed by atoms with E-state index in [1.54, 1.807) is 31.1 Å². The Bertz CT molecular complexity index is 1520. The van der Waals surface area contributed by atoms with E-state index in [4.69, 9.17) is 9.47 Å². The van der Waals surface area contributed by atoms with Gasteiger partial charge in [0.1, 0.15) is 11.5 Å². The van der Waals surface area contributed by atoms with Gasteiger partial charge in [0.05, 0.1) is 25.3 Å². The summed E-state index contributed by atoms with van der Waals surface area (Å²) >= 11 is 0. The van der Waals surface area contributed by atoms with E-state index in [1.165, 1.54) is 0 Å². The predicted molar refractivity (Wildman–Crippen MR) is 130 cm³/mol. The van der Waals surface area contributed by atoms with E-state index >= 15 is 0 Å². The monoisotopic (exact) mass is 435 g/mol. The first-order chi connectivity index (χ1) is 16.2. The molecule has 0 radical (unpaired) electrons. The van der Waals surface area contributed by atoms with E-state index in [9.17, 15) is 4.79 Å². The average molecular weight is 435 g/mol. The molecule has 0 aliphatic rings. The molecule has 0 aliphatic carbocycles. The molecular formula is C27H21N3O3. The van der Waals surface area contributed by atoms with E-state index in [-0.39, 0.29) is 5.91 Å². The number of hydrogen-bond acceptors (Lipinski definition) is 5. The van der Waals surface area contributed by atoms with Crippen LogP contribution in [0.15, 0.2) is 89.9 Å². The van der Waals surface area contributed by atoms with Crippen LogP contribution in [0.4, 0.5) is 5.95 Å². The van der Waals surface area contributed by atoms with Crippen molar-refractivity contribution in [1.29, 1.82) is 0 Å². The van der Waals surface area contributed by atoms with Crippen molar-refractivity contribution >= 4 is 39.9 Å². The third-order valence-corrected chi connectivity index (χ3v) is 5.50. The summed E-state index contributed by atoms with van der Waals surface area (Å²) in [6.45, 7) is 0. The van der Waals surface area contributed by atoms with Gasteiger partial charge in [0, 0.05) is 23.4 Å². The Kier molecular flexibility index (Phi) is 5.32. The lowest BCUT2D eigenvalue weighted by Crippen LogP contribution is -2.11. The molecule has 0 spiro atoms. The lowest BCUT2D eigenvalue weighted by Gasteiger charge is -2.08. The SMILES string of the molecule is COc1ccc(/C=N/c2nc3ccccc3n2C(=O)c2ccc3ccccc3c2)c(OC)c1. The zero-order chi connectivity index (χ0) is 22.8. The third kappa shape index (κ3) is 3.83. The summed E-state index contributed by atoms with van der Waals surface area (Å²) in [4.78, 5) is 22.8. The second kappa shape index (κ2) is 8.59. The summed E-state index contributed by atoms with van der Waals surface area (Å²) in [7, 11) is 3.19. The Hall–Kier alpha value is -4.45. The molecular weight excluding hydrogens is 414 g/mol. The number of benzene rings is 4. The smallest absolute Gasteiger partial charge is 0.265 e. The number of rotatable bonds is 5. The molecule has 1 aromatic heterocycles. The van der Waals surface area contributed by atoms with Crippen LogP contribution in [0.25, 0.3) is 21.8 Å². The van der Waals surface area contributed by atoms with Gasteiger partial charge in [0.25, 0.3) is 5.91 Å². The van der Waals surface area contributed by atoms with E-state index in [0.717, 1.165) is 16.3 Å². The van der Waals surface area contributed by atoms with E-state index in [2.05, 4.69) is 9.98 Å². The van der Waals surface area contributed by atoms with Crippen LogP contribution >= 0.6 is 0 Å². The molecule has 6 nitrogen and oxygen atoms in total. The van der Waals surface area contributed by atoms with Crippen LogP contribution in [0.2, 0.25) is 0 Å². The minimum atomic E-state index is -0.191. The summed E-state index contributed by atoms with van der Waals surface area (Å²) in [5.74, 6) is 1.40. The van der Waals surface area contributed by atoms with Gasteiger partial charge in [-0.05, 0) is 47.2 Å². The molecule has 4 aromatic carbocycles. The Morgan fingerprint density at radius 3 is 2.48 bits per heavy atom. The van der Waals surface area contributed by atoms with Gasteiger partial charge in [-0.25, -0.2) is 14.5 Å². The summed E-state index contributed by atoms with van der Waals surface area (Å²) < 4.78 is 12.3. The molecule has 5 rings (SSSR count). The first-order valence-corrected chi connectivity index (χ1v) is 10.4. The zero-order valence-electron chi connectivity index (χ0n) is 18.2. The number of carbonyl (C=O) groups excluding carboxylic acids is 1. The predicted octanol–water partition coefficient (Wildman–Crippen LogP) is 5.65. The number of carbonyl (C=O) groups is 1. The van der Waals surface area contributed by atoms with Crippen LogP contribution < -0.4 is 9.47 Å². The van der Waals surface area contributed by atoms with E-state index in [1.807, 2.05) is 78.9 Å². The fraction of sp³-hybridized carbons (Fsp3) is 0.0741. The van der Waals surface area contributed by atoms with Crippen LogP contribution in [-0.2, 0) is 0 Å². The van der Waals surface area contributed by atoms with Crippen molar-refractivity contribution in [2.24, 2.45) is 4.99 Å². The average Bonchev–Trinajstić information content (AvgIpc) is 3.25. The highest BCUT2D eigenvalue weighted by Crippen LogP contribution is 2.27. The van der Waals surface area contributed by atoms with Crippen molar-refractivity contribution in [3.05, 3.63) is 96.1 Å². The number of para-hydroxylation sites is 2. The second-order valence-electron chi connectivity index (χ2n) is 7.47. The van der Waals surface area contributed by atoms with Gasteiger partial charge in [-0.1, -0.05) is 42.5 Å². The number of aromatic nitrogens is 2. The molecule has 0 atom stereocenters. The van der Waals surface area contributed by atoms with Crippen LogP contribution in [0.3, 0.4) is 0 Å². The number of fused-ring (bicyclic) bond motifs is 2. The van der Waals surface area contributed by atoms with Crippen molar-refractivity contribution in [2.45, 2.75) is 0 Å². The van der Waals surface area contributed by atoms with Gasteiger partial charge in [0.15, 0.2) is 0 Å². The van der Waals surface area contributed by atoms with Crippen LogP contribution in [0.1, 0.15) is 15.9 Å². The first kappa shape index (κ1) is 20.5. The van der Waals surface area contributed by atoms with Crippen molar-refractivity contribution in [3.8, 4) is 11.5 Å². The Labute approximate surface area is 190 Å². The van der Waals surface area contributed by atoms with Gasteiger partial charge < -0.3 is 9.47 Å². The number of methoxy groups -OCH3 is 2. The molecule has 1 heterocycles. The Balaban J connectivity index is 1.61. The summed E-state index contributed by atoms with van der Waals surface area (Å²) in [5, 5.41) is 2.08. The van der Waals surface area contributed by atoms with Gasteiger partial charge in [0.2, 0.25) is 5.95 Å². The maximum absolute atomic E-state index is 13.6. The van der Waals surface area contributed by atoms with Gasteiger partial charge >= 0.3 is 0 Å². The van der Waals surface area contributed by atoms with Crippen molar-refractivity contribution in [1.82, 2.24) is 9.55 Å². The van der Waals surface area contributed by atoms with Gasteiger partial charge in [-0.2, -0.15) is 0 Å². The first-order valence-electron chi connectivity index (χ1n) is 10.4. The lowest BCUT2D eigenvalue weighted by atomic mass is 10.1. The molecule has 5 aromatic rings. The molecule has 0 unspecified atom stereocenters. The minimum Gasteiger partial charge on any atom is -0.497 e. The van der Waals surface area contributed by atoms with Gasteiger partial charge in [-0.15, -0.1) is 0 Å². The number of hydrogen-bond donors (Lipinski definition) is 0. The lowest BCUT2D eigenvalue weighted by molar-refractivity contribution is 0.0966. The van der Waals surface area contributed by atoms with Crippen LogP contribution in [0.5, 0.6) is 11.5 Å². The molecule has 0 saturated heterocycles.